The first-order valence-corrected chi connectivity index (χ1v) is 18.7. The molecule has 2 N–H and O–H groups in total. The van der Waals surface area contributed by atoms with Crippen LogP contribution in [0.3, 0.4) is 0 Å². The molecule has 1 aliphatic rings. The van der Waals surface area contributed by atoms with Gasteiger partial charge in [-0.05, 0) is 61.3 Å². The van der Waals surface area contributed by atoms with Crippen molar-refractivity contribution in [2.24, 2.45) is 28.1 Å². The second-order valence-electron chi connectivity index (χ2n) is 16.5. The predicted molar refractivity (Wildman–Crippen MR) is 224 cm³/mol. The minimum atomic E-state index is 0.0972. The molecular weight excluding hydrogens is 592 g/mol. The van der Waals surface area contributed by atoms with Gasteiger partial charge in [-0.15, -0.1) is 6.58 Å². The lowest BCUT2D eigenvalue weighted by molar-refractivity contribution is 0.0599. The van der Waals surface area contributed by atoms with E-state index in [4.69, 9.17) is 14.9 Å². The van der Waals surface area contributed by atoms with Crippen molar-refractivity contribution in [2.45, 2.75) is 178 Å². The first kappa shape index (κ1) is 65.2. The normalized spacial score (nSPS) is 10.9. The second kappa shape index (κ2) is 47.9. The molecule has 1 saturated carbocycles. The smallest absolute Gasteiger partial charge is 0.0717 e. The molecule has 0 heterocycles. The van der Waals surface area contributed by atoms with Crippen LogP contribution in [0.25, 0.3) is 0 Å². The Labute approximate surface area is 306 Å². The molecule has 1 aromatic rings. The van der Waals surface area contributed by atoms with E-state index in [2.05, 4.69) is 113 Å². The fraction of sp³-hybridized carbons (Fsp3) is 0.818. The lowest BCUT2D eigenvalue weighted by Crippen LogP contribution is -2.14. The maximum Gasteiger partial charge on any atom is 0.0717 e. The molecule has 296 valence electrons. The van der Waals surface area contributed by atoms with Gasteiger partial charge < -0.3 is 19.7 Å². The van der Waals surface area contributed by atoms with E-state index in [1.165, 1.54) is 30.4 Å². The molecule has 1 aliphatic carbocycles. The van der Waals surface area contributed by atoms with Crippen molar-refractivity contribution >= 4 is 0 Å². The summed E-state index contributed by atoms with van der Waals surface area (Å²) >= 11 is 0. The molecule has 0 aromatic heterocycles. The summed E-state index contributed by atoms with van der Waals surface area (Å²) in [5, 5.41) is 16.0. The molecule has 0 radical (unpaired) electrons. The summed E-state index contributed by atoms with van der Waals surface area (Å²) in [7, 11) is 1.68. The SMILES string of the molecule is C=C(C)C.CC.CC(C)(C)C.CC(C)(C)CO.CC(C)(C)COCc1ccccc1.CC(C)C.CC1CC1.CCC.CCO.CCOC. The number of ether oxygens (including phenoxy) is 2. The van der Waals surface area contributed by atoms with Gasteiger partial charge in [0, 0.05) is 26.9 Å². The van der Waals surface area contributed by atoms with Crippen LogP contribution < -0.4 is 0 Å². The quantitative estimate of drug-likeness (QED) is 0.309. The zero-order valence-electron chi connectivity index (χ0n) is 37.6. The van der Waals surface area contributed by atoms with Crippen LogP contribution in [0, 0.1) is 28.1 Å². The van der Waals surface area contributed by atoms with Crippen molar-refractivity contribution in [2.75, 3.05) is 33.5 Å². The number of benzene rings is 1. The van der Waals surface area contributed by atoms with Crippen molar-refractivity contribution in [1.82, 2.24) is 0 Å². The summed E-state index contributed by atoms with van der Waals surface area (Å²) < 4.78 is 10.1. The van der Waals surface area contributed by atoms with Crippen molar-refractivity contribution in [3.8, 4) is 0 Å². The molecular formula is C44H96O4. The van der Waals surface area contributed by atoms with Gasteiger partial charge >= 0.3 is 0 Å². The van der Waals surface area contributed by atoms with Crippen LogP contribution in [-0.2, 0) is 16.1 Å². The van der Waals surface area contributed by atoms with Crippen molar-refractivity contribution in [3.63, 3.8) is 0 Å². The highest BCUT2D eigenvalue weighted by molar-refractivity contribution is 5.13. The topological polar surface area (TPSA) is 58.9 Å². The van der Waals surface area contributed by atoms with Crippen LogP contribution in [0.4, 0.5) is 0 Å². The van der Waals surface area contributed by atoms with Gasteiger partial charge in [0.2, 0.25) is 0 Å². The summed E-state index contributed by atoms with van der Waals surface area (Å²) in [6, 6.07) is 10.3. The first-order chi connectivity index (χ1) is 21.7. The van der Waals surface area contributed by atoms with E-state index in [1.54, 1.807) is 14.0 Å². The van der Waals surface area contributed by atoms with Crippen molar-refractivity contribution < 1.29 is 19.7 Å². The Balaban J connectivity index is -0.0000000660. The molecule has 4 nitrogen and oxygen atoms in total. The lowest BCUT2D eigenvalue weighted by Gasteiger charge is -2.17. The van der Waals surface area contributed by atoms with Crippen LogP contribution in [0.5, 0.6) is 0 Å². The monoisotopic (exact) mass is 689 g/mol. The van der Waals surface area contributed by atoms with E-state index in [0.29, 0.717) is 5.41 Å². The van der Waals surface area contributed by atoms with Gasteiger partial charge in [0.25, 0.3) is 0 Å². The Bertz CT molecular complexity index is 626. The van der Waals surface area contributed by atoms with Crippen LogP contribution in [-0.4, -0.2) is 43.8 Å². The van der Waals surface area contributed by atoms with Gasteiger partial charge in [0.05, 0.1) is 13.2 Å². The zero-order chi connectivity index (χ0) is 40.4. The number of rotatable bonds is 4. The number of hydrogen-bond acceptors (Lipinski definition) is 4. The van der Waals surface area contributed by atoms with E-state index in [9.17, 15) is 0 Å². The molecule has 2 rings (SSSR count). The average molecular weight is 689 g/mol. The molecule has 0 atom stereocenters. The van der Waals surface area contributed by atoms with Crippen LogP contribution in [0.1, 0.15) is 177 Å². The van der Waals surface area contributed by atoms with E-state index < -0.39 is 0 Å². The molecule has 0 bridgehead atoms. The summed E-state index contributed by atoms with van der Waals surface area (Å²) in [5.41, 5.74) is 3.26. The number of aliphatic hydroxyl groups is 2. The Morgan fingerprint density at radius 3 is 1.17 bits per heavy atom. The van der Waals surface area contributed by atoms with Crippen LogP contribution in [0.15, 0.2) is 42.5 Å². The standard InChI is InChI=1S/C12H18O.C5H12O.C5H12.C4H8.C4H10.C4H8.C3H8O.C3H8.C2H6O.C2H6/c1-12(2,3)10-13-9-11-7-5-4-6-8-11;1-5(2,3)4-6;1-5(2,3)4;1-4-2-3-4;2*1-4(2)3;1-3-4-2;1-3-2;1-2-3;1-2/h4-8H,9-10H2,1-3H3;6H,4H2,1-3H3;1-4H3;4H,2-3H2,1H3;4H,1-3H3;1H2,2-3H3;3H2,1-2H3;3H2,1-2H3;3H,2H2,1H3;1-2H3. The summed E-state index contributed by atoms with van der Waals surface area (Å²) in [4.78, 5) is 0. The molecule has 0 spiro atoms. The maximum atomic E-state index is 8.40. The number of aliphatic hydroxyl groups excluding tert-OH is 2. The highest BCUT2D eigenvalue weighted by Crippen LogP contribution is 2.26. The Kier molecular flexibility index (Phi) is 65.1. The van der Waals surface area contributed by atoms with Gasteiger partial charge in [-0.3, -0.25) is 0 Å². The molecule has 1 aromatic carbocycles. The predicted octanol–water partition coefficient (Wildman–Crippen LogP) is 14.1. The highest BCUT2D eigenvalue weighted by atomic mass is 16.5. The molecule has 0 unspecified atom stereocenters. The third kappa shape index (κ3) is 199. The average Bonchev–Trinajstić information content (AvgIpc) is 3.71. The molecule has 0 saturated heterocycles. The Morgan fingerprint density at radius 2 is 1.02 bits per heavy atom. The van der Waals surface area contributed by atoms with E-state index in [-0.39, 0.29) is 24.0 Å². The van der Waals surface area contributed by atoms with E-state index >= 15 is 0 Å². The summed E-state index contributed by atoms with van der Waals surface area (Å²) in [6.45, 7) is 52.3. The Hall–Kier alpha value is -1.20. The third-order valence-corrected chi connectivity index (χ3v) is 3.28. The highest BCUT2D eigenvalue weighted by Gasteiger charge is 2.12. The minimum Gasteiger partial charge on any atom is -0.397 e. The maximum absolute atomic E-state index is 8.40. The largest absolute Gasteiger partial charge is 0.397 e. The van der Waals surface area contributed by atoms with Gasteiger partial charge in [0.15, 0.2) is 0 Å². The third-order valence-electron chi connectivity index (χ3n) is 3.28. The Morgan fingerprint density at radius 1 is 0.792 bits per heavy atom. The summed E-state index contributed by atoms with van der Waals surface area (Å²) in [6.07, 6.45) is 4.22. The second-order valence-corrected chi connectivity index (χ2v) is 16.5. The van der Waals surface area contributed by atoms with Gasteiger partial charge in [0.1, 0.15) is 0 Å². The van der Waals surface area contributed by atoms with Gasteiger partial charge in [-0.25, -0.2) is 0 Å². The fourth-order valence-electron chi connectivity index (χ4n) is 1.22. The van der Waals surface area contributed by atoms with Gasteiger partial charge in [-0.2, -0.15) is 0 Å². The van der Waals surface area contributed by atoms with Crippen LogP contribution >= 0.6 is 0 Å². The zero-order valence-corrected chi connectivity index (χ0v) is 37.6. The molecule has 0 amide bonds. The molecule has 0 aliphatic heterocycles. The van der Waals surface area contributed by atoms with E-state index in [0.717, 1.165) is 31.7 Å². The number of methoxy groups -OCH3 is 1. The lowest BCUT2D eigenvalue weighted by atomic mass is 9.99. The van der Waals surface area contributed by atoms with Crippen molar-refractivity contribution in [1.29, 1.82) is 0 Å². The van der Waals surface area contributed by atoms with E-state index in [1.807, 2.05) is 73.6 Å². The number of allylic oxidation sites excluding steroid dienone is 1. The summed E-state index contributed by atoms with van der Waals surface area (Å²) in [5.74, 6) is 1.92. The number of hydrogen-bond donors (Lipinski definition) is 2. The molecule has 4 heteroatoms. The molecule has 1 fully saturated rings. The molecule has 48 heavy (non-hydrogen) atoms. The first-order valence-electron chi connectivity index (χ1n) is 18.7. The van der Waals surface area contributed by atoms with Crippen LogP contribution in [0.2, 0.25) is 0 Å². The van der Waals surface area contributed by atoms with Crippen molar-refractivity contribution in [3.05, 3.63) is 48.0 Å². The van der Waals surface area contributed by atoms with Gasteiger partial charge in [-0.1, -0.05) is 180 Å². The minimum absolute atomic E-state index is 0.0972. The fourth-order valence-corrected chi connectivity index (χ4v) is 1.22.